The second-order valence-corrected chi connectivity index (χ2v) is 6.55. The fourth-order valence-electron chi connectivity index (χ4n) is 4.28. The van der Waals surface area contributed by atoms with Crippen LogP contribution in [-0.2, 0) is 16.6 Å². The van der Waals surface area contributed by atoms with Crippen LogP contribution in [0.1, 0.15) is 43.2 Å². The number of aryl methyl sites for hydroxylation is 1. The molecule has 1 spiro atoms. The van der Waals surface area contributed by atoms with Gasteiger partial charge in [-0.1, -0.05) is 0 Å². The summed E-state index contributed by atoms with van der Waals surface area (Å²) in [6, 6.07) is 4.31. The summed E-state index contributed by atoms with van der Waals surface area (Å²) >= 11 is 0. The van der Waals surface area contributed by atoms with Crippen LogP contribution in [0.4, 0.5) is 0 Å². The Morgan fingerprint density at radius 3 is 2.43 bits per heavy atom. The number of hydrogen-bond acceptors (Lipinski definition) is 3. The van der Waals surface area contributed by atoms with Gasteiger partial charge < -0.3 is 14.6 Å². The molecule has 1 aliphatic heterocycles. The molecule has 0 saturated heterocycles. The number of benzene rings is 1. The molecule has 1 heterocycles. The first-order valence-electron chi connectivity index (χ1n) is 7.84. The number of carboxylic acid groups (broad SMARTS) is 1. The third-order valence-electron chi connectivity index (χ3n) is 5.50. The zero-order valence-electron chi connectivity index (χ0n) is 12.1. The summed E-state index contributed by atoms with van der Waals surface area (Å²) in [4.78, 5) is 11.2. The molecular weight excluding hydrogens is 268 g/mol. The summed E-state index contributed by atoms with van der Waals surface area (Å²) in [6.45, 7) is 1.23. The van der Waals surface area contributed by atoms with Gasteiger partial charge in [0, 0.05) is 0 Å². The summed E-state index contributed by atoms with van der Waals surface area (Å²) < 4.78 is 11.4. The molecule has 1 fully saturated rings. The Labute approximate surface area is 124 Å². The molecular formula is C17H20O4. The minimum Gasteiger partial charge on any atom is -0.486 e. The van der Waals surface area contributed by atoms with Gasteiger partial charge in [-0.15, -0.1) is 0 Å². The van der Waals surface area contributed by atoms with Crippen LogP contribution >= 0.6 is 0 Å². The average molecular weight is 288 g/mol. The Kier molecular flexibility index (Phi) is 2.88. The Bertz CT molecular complexity index is 585. The SMILES string of the molecule is O=C(O)C1CCC2(CCc3cc4c(cc32)OCCO4)CC1. The number of rotatable bonds is 1. The van der Waals surface area contributed by atoms with Crippen molar-refractivity contribution < 1.29 is 19.4 Å². The van der Waals surface area contributed by atoms with Gasteiger partial charge in [0.15, 0.2) is 11.5 Å². The smallest absolute Gasteiger partial charge is 0.306 e. The second-order valence-electron chi connectivity index (χ2n) is 6.55. The Morgan fingerprint density at radius 2 is 1.76 bits per heavy atom. The molecule has 1 saturated carbocycles. The average Bonchev–Trinajstić information content (AvgIpc) is 2.84. The van der Waals surface area contributed by atoms with E-state index in [0.717, 1.165) is 50.0 Å². The first-order chi connectivity index (χ1) is 10.2. The van der Waals surface area contributed by atoms with Crippen LogP contribution in [0.5, 0.6) is 11.5 Å². The van der Waals surface area contributed by atoms with Gasteiger partial charge in [-0.25, -0.2) is 0 Å². The van der Waals surface area contributed by atoms with E-state index in [-0.39, 0.29) is 11.3 Å². The molecule has 0 unspecified atom stereocenters. The zero-order chi connectivity index (χ0) is 14.4. The molecule has 0 radical (unpaired) electrons. The lowest BCUT2D eigenvalue weighted by molar-refractivity contribution is -0.143. The van der Waals surface area contributed by atoms with Crippen molar-refractivity contribution in [1.29, 1.82) is 0 Å². The molecule has 1 aromatic carbocycles. The summed E-state index contributed by atoms with van der Waals surface area (Å²) in [6.07, 6.45) is 5.76. The molecule has 4 rings (SSSR count). The fourth-order valence-corrected chi connectivity index (χ4v) is 4.28. The first kappa shape index (κ1) is 13.0. The van der Waals surface area contributed by atoms with Gasteiger partial charge in [0.25, 0.3) is 0 Å². The Hall–Kier alpha value is -1.71. The van der Waals surface area contributed by atoms with Gasteiger partial charge in [0.2, 0.25) is 0 Å². The highest BCUT2D eigenvalue weighted by molar-refractivity contribution is 5.70. The molecule has 4 heteroatoms. The van der Waals surface area contributed by atoms with Crippen LogP contribution in [-0.4, -0.2) is 24.3 Å². The zero-order valence-corrected chi connectivity index (χ0v) is 12.1. The number of ether oxygens (including phenoxy) is 2. The number of aliphatic carboxylic acids is 1. The second kappa shape index (κ2) is 4.65. The largest absolute Gasteiger partial charge is 0.486 e. The maximum absolute atomic E-state index is 11.2. The predicted molar refractivity (Wildman–Crippen MR) is 77.0 cm³/mol. The topological polar surface area (TPSA) is 55.8 Å². The van der Waals surface area contributed by atoms with Crippen LogP contribution in [0, 0.1) is 5.92 Å². The van der Waals surface area contributed by atoms with Crippen molar-refractivity contribution in [3.8, 4) is 11.5 Å². The number of hydrogen-bond donors (Lipinski definition) is 1. The maximum Gasteiger partial charge on any atom is 0.306 e. The molecule has 1 N–H and O–H groups in total. The minimum absolute atomic E-state index is 0.156. The van der Waals surface area contributed by atoms with Crippen LogP contribution in [0.25, 0.3) is 0 Å². The van der Waals surface area contributed by atoms with E-state index in [0.29, 0.717) is 13.2 Å². The molecule has 0 bridgehead atoms. The third-order valence-corrected chi connectivity index (χ3v) is 5.50. The van der Waals surface area contributed by atoms with Crippen molar-refractivity contribution in [2.75, 3.05) is 13.2 Å². The lowest BCUT2D eigenvalue weighted by Crippen LogP contribution is -2.32. The first-order valence-corrected chi connectivity index (χ1v) is 7.84. The standard InChI is InChI=1S/C17H20O4/c18-16(19)11-1-4-17(5-2-11)6-3-12-9-14-15(10-13(12)17)21-8-7-20-14/h9-11H,1-8H2,(H,18,19). The normalized spacial score (nSPS) is 30.2. The van der Waals surface area contributed by atoms with Crippen molar-refractivity contribution in [2.45, 2.75) is 43.9 Å². The van der Waals surface area contributed by atoms with Gasteiger partial charge in [0.1, 0.15) is 13.2 Å². The van der Waals surface area contributed by atoms with E-state index in [1.165, 1.54) is 11.1 Å². The van der Waals surface area contributed by atoms with Crippen molar-refractivity contribution >= 4 is 5.97 Å². The van der Waals surface area contributed by atoms with E-state index in [4.69, 9.17) is 9.47 Å². The molecule has 0 amide bonds. The van der Waals surface area contributed by atoms with Gasteiger partial charge in [-0.05, 0) is 67.2 Å². The molecule has 1 aromatic rings. The van der Waals surface area contributed by atoms with Crippen LogP contribution in [0.15, 0.2) is 12.1 Å². The van der Waals surface area contributed by atoms with Crippen LogP contribution < -0.4 is 9.47 Å². The molecule has 0 atom stereocenters. The highest BCUT2D eigenvalue weighted by atomic mass is 16.6. The van der Waals surface area contributed by atoms with Crippen molar-refractivity contribution in [1.82, 2.24) is 0 Å². The van der Waals surface area contributed by atoms with Crippen molar-refractivity contribution in [3.63, 3.8) is 0 Å². The molecule has 2 aliphatic carbocycles. The lowest BCUT2D eigenvalue weighted by atomic mass is 9.67. The summed E-state index contributed by atoms with van der Waals surface area (Å²) in [7, 11) is 0. The Morgan fingerprint density at radius 1 is 1.10 bits per heavy atom. The van der Waals surface area contributed by atoms with E-state index < -0.39 is 5.97 Å². The van der Waals surface area contributed by atoms with Crippen molar-refractivity contribution in [3.05, 3.63) is 23.3 Å². The molecule has 21 heavy (non-hydrogen) atoms. The lowest BCUT2D eigenvalue weighted by Gasteiger charge is -2.37. The maximum atomic E-state index is 11.2. The molecule has 4 nitrogen and oxygen atoms in total. The summed E-state index contributed by atoms with van der Waals surface area (Å²) in [5, 5.41) is 9.19. The fraction of sp³-hybridized carbons (Fsp3) is 0.588. The van der Waals surface area contributed by atoms with Gasteiger partial charge in [-0.2, -0.15) is 0 Å². The third kappa shape index (κ3) is 2.00. The van der Waals surface area contributed by atoms with Crippen LogP contribution in [0.2, 0.25) is 0 Å². The van der Waals surface area contributed by atoms with Gasteiger partial charge in [0.05, 0.1) is 5.92 Å². The van der Waals surface area contributed by atoms with E-state index in [9.17, 15) is 9.90 Å². The van der Waals surface area contributed by atoms with E-state index in [1.807, 2.05) is 0 Å². The van der Waals surface area contributed by atoms with Gasteiger partial charge in [-0.3, -0.25) is 4.79 Å². The number of carbonyl (C=O) groups is 1. The van der Waals surface area contributed by atoms with E-state index >= 15 is 0 Å². The molecule has 0 aromatic heterocycles. The van der Waals surface area contributed by atoms with Gasteiger partial charge >= 0.3 is 5.97 Å². The van der Waals surface area contributed by atoms with Crippen molar-refractivity contribution in [2.24, 2.45) is 5.92 Å². The molecule has 112 valence electrons. The Balaban J connectivity index is 1.65. The minimum atomic E-state index is -0.634. The number of carboxylic acids is 1. The quantitative estimate of drug-likeness (QED) is 0.863. The molecule has 3 aliphatic rings. The summed E-state index contributed by atoms with van der Waals surface area (Å²) in [5.41, 5.74) is 2.93. The highest BCUT2D eigenvalue weighted by Gasteiger charge is 2.43. The predicted octanol–water partition coefficient (Wildman–Crippen LogP) is 2.92. The van der Waals surface area contributed by atoms with Crippen LogP contribution in [0.3, 0.4) is 0 Å². The van der Waals surface area contributed by atoms with E-state index in [1.54, 1.807) is 0 Å². The monoisotopic (exact) mass is 288 g/mol. The number of fused-ring (bicyclic) bond motifs is 3. The highest BCUT2D eigenvalue weighted by Crippen LogP contribution is 2.52. The van der Waals surface area contributed by atoms with E-state index in [2.05, 4.69) is 12.1 Å². The summed E-state index contributed by atoms with van der Waals surface area (Å²) in [5.74, 6) is 0.944.